The summed E-state index contributed by atoms with van der Waals surface area (Å²) in [5.74, 6) is 0.346. The van der Waals surface area contributed by atoms with Crippen molar-refractivity contribution >= 4 is 5.91 Å². The molecule has 2 rings (SSSR count). The second-order valence-electron chi connectivity index (χ2n) is 4.28. The third-order valence-electron chi connectivity index (χ3n) is 3.20. The molecule has 2 aliphatic heterocycles. The van der Waals surface area contributed by atoms with Crippen molar-refractivity contribution in [1.82, 2.24) is 10.2 Å². The van der Waals surface area contributed by atoms with Crippen LogP contribution in [0.25, 0.3) is 0 Å². The third kappa shape index (κ3) is 2.07. The molecule has 2 atom stereocenters. The lowest BCUT2D eigenvalue weighted by Crippen LogP contribution is -2.32. The zero-order valence-electron chi connectivity index (χ0n) is 8.41. The summed E-state index contributed by atoms with van der Waals surface area (Å²) in [5, 5.41) is 12.6. The van der Waals surface area contributed by atoms with Crippen molar-refractivity contribution in [3.8, 4) is 0 Å². The molecule has 2 fully saturated rings. The first-order valence-electron chi connectivity index (χ1n) is 5.44. The van der Waals surface area contributed by atoms with Crippen molar-refractivity contribution in [2.45, 2.75) is 25.4 Å². The molecule has 0 bridgehead atoms. The molecule has 4 nitrogen and oxygen atoms in total. The predicted molar refractivity (Wildman–Crippen MR) is 52.8 cm³/mol. The monoisotopic (exact) mass is 198 g/mol. The van der Waals surface area contributed by atoms with Crippen LogP contribution in [0.3, 0.4) is 0 Å². The maximum atomic E-state index is 11.7. The number of amides is 1. The molecule has 0 aromatic carbocycles. The van der Waals surface area contributed by atoms with E-state index < -0.39 is 0 Å². The van der Waals surface area contributed by atoms with Gasteiger partial charge in [0.15, 0.2) is 0 Å². The van der Waals surface area contributed by atoms with E-state index in [2.05, 4.69) is 5.32 Å². The van der Waals surface area contributed by atoms with E-state index >= 15 is 0 Å². The van der Waals surface area contributed by atoms with Crippen LogP contribution in [0.2, 0.25) is 0 Å². The van der Waals surface area contributed by atoms with Crippen LogP contribution in [0, 0.1) is 5.92 Å². The van der Waals surface area contributed by atoms with Gasteiger partial charge in [0.2, 0.25) is 5.91 Å². The molecule has 0 spiro atoms. The average Bonchev–Trinajstić information content (AvgIpc) is 2.77. The molecule has 2 saturated heterocycles. The second kappa shape index (κ2) is 4.28. The molecule has 0 unspecified atom stereocenters. The van der Waals surface area contributed by atoms with Crippen LogP contribution in [0.4, 0.5) is 0 Å². The van der Waals surface area contributed by atoms with Crippen LogP contribution in [0.1, 0.15) is 19.3 Å². The van der Waals surface area contributed by atoms with Crippen molar-refractivity contribution in [3.05, 3.63) is 0 Å². The Labute approximate surface area is 84.3 Å². The van der Waals surface area contributed by atoms with E-state index in [4.69, 9.17) is 0 Å². The van der Waals surface area contributed by atoms with Gasteiger partial charge in [0.1, 0.15) is 0 Å². The first-order chi connectivity index (χ1) is 6.77. The van der Waals surface area contributed by atoms with Crippen LogP contribution < -0.4 is 5.32 Å². The van der Waals surface area contributed by atoms with E-state index in [1.807, 2.05) is 4.90 Å². The van der Waals surface area contributed by atoms with E-state index in [1.165, 1.54) is 0 Å². The van der Waals surface area contributed by atoms with Crippen LogP contribution in [-0.2, 0) is 4.79 Å². The fourth-order valence-electron chi connectivity index (χ4n) is 2.25. The predicted octanol–water partition coefficient (Wildman–Crippen LogP) is -0.421. The number of β-amino-alcohol motifs (C(OH)–C–C–N with tert-alkyl or cyclic N) is 1. The van der Waals surface area contributed by atoms with Gasteiger partial charge in [-0.1, -0.05) is 0 Å². The zero-order valence-corrected chi connectivity index (χ0v) is 8.41. The SMILES string of the molecule is O=C(C[C@H]1CNC[C@@H]1O)N1CCCC1. The van der Waals surface area contributed by atoms with Gasteiger partial charge >= 0.3 is 0 Å². The maximum Gasteiger partial charge on any atom is 0.222 e. The number of likely N-dealkylation sites (tertiary alicyclic amines) is 1. The second-order valence-corrected chi connectivity index (χ2v) is 4.28. The average molecular weight is 198 g/mol. The van der Waals surface area contributed by atoms with Crippen LogP contribution >= 0.6 is 0 Å². The van der Waals surface area contributed by atoms with Crippen molar-refractivity contribution in [1.29, 1.82) is 0 Å². The molecule has 4 heteroatoms. The van der Waals surface area contributed by atoms with Gasteiger partial charge in [0.05, 0.1) is 6.10 Å². The Bertz CT molecular complexity index is 214. The number of aliphatic hydroxyl groups excluding tert-OH is 1. The quantitative estimate of drug-likeness (QED) is 0.633. The highest BCUT2D eigenvalue weighted by Gasteiger charge is 2.29. The van der Waals surface area contributed by atoms with Gasteiger partial charge < -0.3 is 15.3 Å². The Morgan fingerprint density at radius 2 is 2.07 bits per heavy atom. The molecule has 80 valence electrons. The lowest BCUT2D eigenvalue weighted by Gasteiger charge is -2.19. The number of nitrogens with zero attached hydrogens (tertiary/aromatic N) is 1. The Balaban J connectivity index is 1.81. The minimum atomic E-state index is -0.332. The number of nitrogens with one attached hydrogen (secondary N) is 1. The van der Waals surface area contributed by atoms with E-state index in [0.29, 0.717) is 13.0 Å². The van der Waals surface area contributed by atoms with E-state index in [-0.39, 0.29) is 17.9 Å². The van der Waals surface area contributed by atoms with Crippen molar-refractivity contribution in [3.63, 3.8) is 0 Å². The number of carbonyl (C=O) groups excluding carboxylic acids is 1. The molecule has 0 aliphatic carbocycles. The van der Waals surface area contributed by atoms with Gasteiger partial charge in [-0.25, -0.2) is 0 Å². The number of hydrogen-bond donors (Lipinski definition) is 2. The van der Waals surface area contributed by atoms with Crippen LogP contribution in [0.5, 0.6) is 0 Å². The molecule has 14 heavy (non-hydrogen) atoms. The summed E-state index contributed by atoms with van der Waals surface area (Å²) in [5.41, 5.74) is 0. The fourth-order valence-corrected chi connectivity index (χ4v) is 2.25. The molecule has 2 aliphatic rings. The minimum Gasteiger partial charge on any atom is -0.391 e. The highest BCUT2D eigenvalue weighted by Crippen LogP contribution is 2.17. The van der Waals surface area contributed by atoms with Gasteiger partial charge in [-0.15, -0.1) is 0 Å². The molecular weight excluding hydrogens is 180 g/mol. The van der Waals surface area contributed by atoms with Crippen molar-refractivity contribution in [2.24, 2.45) is 5.92 Å². The van der Waals surface area contributed by atoms with Gasteiger partial charge in [-0.2, -0.15) is 0 Å². The zero-order chi connectivity index (χ0) is 9.97. The lowest BCUT2D eigenvalue weighted by atomic mass is 10.0. The fraction of sp³-hybridized carbons (Fsp3) is 0.900. The first kappa shape index (κ1) is 9.93. The molecule has 2 heterocycles. The molecule has 1 amide bonds. The topological polar surface area (TPSA) is 52.6 Å². The summed E-state index contributed by atoms with van der Waals surface area (Å²) in [6, 6.07) is 0. The summed E-state index contributed by atoms with van der Waals surface area (Å²) in [6.45, 7) is 3.24. The smallest absolute Gasteiger partial charge is 0.222 e. The summed E-state index contributed by atoms with van der Waals surface area (Å²) in [7, 11) is 0. The number of rotatable bonds is 2. The standard InChI is InChI=1S/C10H18N2O2/c13-9-7-11-6-8(9)5-10(14)12-3-1-2-4-12/h8-9,11,13H,1-7H2/t8-,9-/m0/s1. The minimum absolute atomic E-state index is 0.128. The lowest BCUT2D eigenvalue weighted by molar-refractivity contribution is -0.131. The van der Waals surface area contributed by atoms with E-state index in [0.717, 1.165) is 32.5 Å². The van der Waals surface area contributed by atoms with Gasteiger partial charge in [0.25, 0.3) is 0 Å². The largest absolute Gasteiger partial charge is 0.391 e. The van der Waals surface area contributed by atoms with Crippen molar-refractivity contribution in [2.75, 3.05) is 26.2 Å². The summed E-state index contributed by atoms with van der Waals surface area (Å²) in [4.78, 5) is 13.7. The third-order valence-corrected chi connectivity index (χ3v) is 3.20. The molecule has 2 N–H and O–H groups in total. The van der Waals surface area contributed by atoms with Crippen molar-refractivity contribution < 1.29 is 9.90 Å². The molecule has 0 radical (unpaired) electrons. The Kier molecular flexibility index (Phi) is 3.03. The maximum absolute atomic E-state index is 11.7. The number of aliphatic hydroxyl groups is 1. The Morgan fingerprint density at radius 3 is 2.64 bits per heavy atom. The Morgan fingerprint density at radius 1 is 1.36 bits per heavy atom. The summed E-state index contributed by atoms with van der Waals surface area (Å²) in [6.07, 6.45) is 2.45. The molecule has 0 saturated carbocycles. The number of carbonyl (C=O) groups is 1. The summed E-state index contributed by atoms with van der Waals surface area (Å²) < 4.78 is 0. The van der Waals surface area contributed by atoms with Gasteiger partial charge in [0, 0.05) is 38.5 Å². The van der Waals surface area contributed by atoms with Crippen LogP contribution in [0.15, 0.2) is 0 Å². The first-order valence-corrected chi connectivity index (χ1v) is 5.44. The van der Waals surface area contributed by atoms with Crippen LogP contribution in [-0.4, -0.2) is 48.2 Å². The van der Waals surface area contributed by atoms with Gasteiger partial charge in [-0.05, 0) is 12.8 Å². The molecule has 0 aromatic heterocycles. The molecule has 0 aromatic rings. The highest BCUT2D eigenvalue weighted by atomic mass is 16.3. The normalized spacial score (nSPS) is 32.5. The summed E-state index contributed by atoms with van der Waals surface area (Å²) >= 11 is 0. The van der Waals surface area contributed by atoms with E-state index in [9.17, 15) is 9.90 Å². The molecular formula is C10H18N2O2. The number of hydrogen-bond acceptors (Lipinski definition) is 3. The van der Waals surface area contributed by atoms with Gasteiger partial charge in [-0.3, -0.25) is 4.79 Å². The highest BCUT2D eigenvalue weighted by molar-refractivity contribution is 5.76. The Hall–Kier alpha value is -0.610. The van der Waals surface area contributed by atoms with E-state index in [1.54, 1.807) is 0 Å².